The molecular formula is C15H21N3O2. The molecule has 0 bridgehead atoms. The van der Waals surface area contributed by atoms with E-state index in [-0.39, 0.29) is 0 Å². The first-order valence-corrected chi connectivity index (χ1v) is 7.29. The van der Waals surface area contributed by atoms with Gasteiger partial charge in [-0.05, 0) is 32.8 Å². The predicted octanol–water partition coefficient (Wildman–Crippen LogP) is 3.45. The molecule has 108 valence electrons. The van der Waals surface area contributed by atoms with Crippen LogP contribution in [-0.2, 0) is 5.54 Å². The summed E-state index contributed by atoms with van der Waals surface area (Å²) in [6, 6.07) is 1.92. The Labute approximate surface area is 118 Å². The first-order chi connectivity index (χ1) is 9.58. The van der Waals surface area contributed by atoms with Crippen molar-refractivity contribution in [3.05, 3.63) is 23.4 Å². The van der Waals surface area contributed by atoms with Gasteiger partial charge in [0, 0.05) is 0 Å². The van der Waals surface area contributed by atoms with E-state index in [1.54, 1.807) is 0 Å². The van der Waals surface area contributed by atoms with Gasteiger partial charge in [-0.15, -0.1) is 0 Å². The van der Waals surface area contributed by atoms with Crippen molar-refractivity contribution in [2.24, 2.45) is 5.73 Å². The monoisotopic (exact) mass is 275 g/mol. The van der Waals surface area contributed by atoms with E-state index < -0.39 is 5.54 Å². The molecule has 3 rings (SSSR count). The highest BCUT2D eigenvalue weighted by Crippen LogP contribution is 2.34. The van der Waals surface area contributed by atoms with Gasteiger partial charge in [0.1, 0.15) is 11.5 Å². The lowest BCUT2D eigenvalue weighted by Crippen LogP contribution is -2.37. The molecule has 2 aromatic rings. The molecule has 1 aliphatic carbocycles. The Balaban J connectivity index is 1.91. The van der Waals surface area contributed by atoms with Crippen molar-refractivity contribution in [2.75, 3.05) is 0 Å². The summed E-state index contributed by atoms with van der Waals surface area (Å²) in [6.45, 7) is 3.81. The third-order valence-corrected chi connectivity index (χ3v) is 4.14. The third kappa shape index (κ3) is 2.38. The fourth-order valence-corrected chi connectivity index (χ4v) is 2.96. The van der Waals surface area contributed by atoms with Crippen LogP contribution < -0.4 is 5.73 Å². The number of furan rings is 1. The van der Waals surface area contributed by atoms with Crippen molar-refractivity contribution in [3.8, 4) is 11.5 Å². The summed E-state index contributed by atoms with van der Waals surface area (Å²) in [7, 11) is 0. The van der Waals surface area contributed by atoms with Gasteiger partial charge in [0.2, 0.25) is 0 Å². The van der Waals surface area contributed by atoms with Crippen LogP contribution in [0.2, 0.25) is 0 Å². The van der Waals surface area contributed by atoms with Gasteiger partial charge in [0.25, 0.3) is 5.89 Å². The van der Waals surface area contributed by atoms with Gasteiger partial charge in [0.15, 0.2) is 5.82 Å². The average molecular weight is 275 g/mol. The number of nitrogens with zero attached hydrogens (tertiary/aromatic N) is 2. The van der Waals surface area contributed by atoms with Gasteiger partial charge in [-0.2, -0.15) is 4.98 Å². The standard InChI is InChI=1S/C15H21N3O2/c1-10-9-12(11(2)19-10)13-17-14(18-20-13)15(16)7-5-3-4-6-8-15/h9H,3-8,16H2,1-2H3. The lowest BCUT2D eigenvalue weighted by Gasteiger charge is -2.23. The van der Waals surface area contributed by atoms with Crippen LogP contribution in [0.3, 0.4) is 0 Å². The van der Waals surface area contributed by atoms with E-state index in [0.717, 1.165) is 42.8 Å². The molecule has 5 nitrogen and oxygen atoms in total. The topological polar surface area (TPSA) is 78.1 Å². The van der Waals surface area contributed by atoms with Crippen molar-refractivity contribution < 1.29 is 8.94 Å². The fourth-order valence-electron chi connectivity index (χ4n) is 2.96. The summed E-state index contributed by atoms with van der Waals surface area (Å²) in [5.74, 6) is 2.77. The SMILES string of the molecule is Cc1cc(-c2nc(C3(N)CCCCCC3)no2)c(C)o1. The average Bonchev–Trinajstić information content (AvgIpc) is 2.94. The van der Waals surface area contributed by atoms with Crippen LogP contribution in [0.15, 0.2) is 15.0 Å². The minimum absolute atomic E-state index is 0.440. The van der Waals surface area contributed by atoms with Gasteiger partial charge >= 0.3 is 0 Å². The number of aromatic nitrogens is 2. The minimum atomic E-state index is -0.440. The number of aryl methyl sites for hydroxylation is 2. The van der Waals surface area contributed by atoms with Crippen LogP contribution in [0.1, 0.15) is 55.9 Å². The molecule has 1 saturated carbocycles. The van der Waals surface area contributed by atoms with Crippen LogP contribution in [0.4, 0.5) is 0 Å². The van der Waals surface area contributed by atoms with Crippen LogP contribution in [0.5, 0.6) is 0 Å². The van der Waals surface area contributed by atoms with Gasteiger partial charge in [0.05, 0.1) is 11.1 Å². The second kappa shape index (κ2) is 5.05. The largest absolute Gasteiger partial charge is 0.466 e. The van der Waals surface area contributed by atoms with Crippen LogP contribution in [-0.4, -0.2) is 10.1 Å². The van der Waals surface area contributed by atoms with E-state index in [1.165, 1.54) is 12.8 Å². The van der Waals surface area contributed by atoms with E-state index in [4.69, 9.17) is 14.7 Å². The Bertz CT molecular complexity index is 592. The summed E-state index contributed by atoms with van der Waals surface area (Å²) in [5.41, 5.74) is 6.93. The van der Waals surface area contributed by atoms with Crippen molar-refractivity contribution in [1.29, 1.82) is 0 Å². The molecule has 20 heavy (non-hydrogen) atoms. The van der Waals surface area contributed by atoms with Gasteiger partial charge in [-0.1, -0.05) is 30.8 Å². The summed E-state index contributed by atoms with van der Waals surface area (Å²) < 4.78 is 10.9. The lowest BCUT2D eigenvalue weighted by molar-refractivity contribution is 0.334. The predicted molar refractivity (Wildman–Crippen MR) is 75.0 cm³/mol. The second-order valence-electron chi connectivity index (χ2n) is 5.82. The molecule has 0 atom stereocenters. The Morgan fingerprint density at radius 1 is 1.15 bits per heavy atom. The molecule has 0 radical (unpaired) electrons. The number of hydrogen-bond acceptors (Lipinski definition) is 5. The normalized spacial score (nSPS) is 18.9. The summed E-state index contributed by atoms with van der Waals surface area (Å²) in [5, 5.41) is 4.13. The zero-order chi connectivity index (χ0) is 14.2. The van der Waals surface area contributed by atoms with Crippen molar-refractivity contribution in [2.45, 2.75) is 57.9 Å². The van der Waals surface area contributed by atoms with E-state index in [0.29, 0.717) is 11.7 Å². The van der Waals surface area contributed by atoms with Gasteiger partial charge in [-0.25, -0.2) is 0 Å². The second-order valence-corrected chi connectivity index (χ2v) is 5.82. The molecule has 0 unspecified atom stereocenters. The van der Waals surface area contributed by atoms with E-state index in [2.05, 4.69) is 10.1 Å². The first-order valence-electron chi connectivity index (χ1n) is 7.29. The minimum Gasteiger partial charge on any atom is -0.466 e. The van der Waals surface area contributed by atoms with E-state index >= 15 is 0 Å². The summed E-state index contributed by atoms with van der Waals surface area (Å²) in [4.78, 5) is 4.53. The van der Waals surface area contributed by atoms with Crippen molar-refractivity contribution in [3.63, 3.8) is 0 Å². The van der Waals surface area contributed by atoms with Crippen LogP contribution in [0, 0.1) is 13.8 Å². The Kier molecular flexibility index (Phi) is 3.38. The van der Waals surface area contributed by atoms with E-state index in [9.17, 15) is 0 Å². The Morgan fingerprint density at radius 3 is 2.45 bits per heavy atom. The Hall–Kier alpha value is -1.62. The van der Waals surface area contributed by atoms with Crippen molar-refractivity contribution in [1.82, 2.24) is 10.1 Å². The maximum absolute atomic E-state index is 6.51. The molecule has 5 heteroatoms. The molecule has 1 fully saturated rings. The summed E-state index contributed by atoms with van der Waals surface area (Å²) >= 11 is 0. The number of hydrogen-bond donors (Lipinski definition) is 1. The molecule has 2 heterocycles. The first kappa shape index (κ1) is 13.4. The highest BCUT2D eigenvalue weighted by Gasteiger charge is 2.33. The molecule has 0 aromatic carbocycles. The molecule has 0 aliphatic heterocycles. The molecule has 1 aliphatic rings. The highest BCUT2D eigenvalue weighted by atomic mass is 16.5. The third-order valence-electron chi connectivity index (χ3n) is 4.14. The number of nitrogens with two attached hydrogens (primary N) is 1. The lowest BCUT2D eigenvalue weighted by atomic mass is 9.91. The van der Waals surface area contributed by atoms with Gasteiger partial charge < -0.3 is 14.7 Å². The molecule has 2 N–H and O–H groups in total. The molecule has 0 amide bonds. The smallest absolute Gasteiger partial charge is 0.261 e. The van der Waals surface area contributed by atoms with Crippen LogP contribution in [0.25, 0.3) is 11.5 Å². The maximum atomic E-state index is 6.51. The zero-order valence-electron chi connectivity index (χ0n) is 12.1. The fraction of sp³-hybridized carbons (Fsp3) is 0.600. The highest BCUT2D eigenvalue weighted by molar-refractivity contribution is 5.56. The quantitative estimate of drug-likeness (QED) is 0.849. The van der Waals surface area contributed by atoms with Gasteiger partial charge in [-0.3, -0.25) is 0 Å². The molecule has 0 spiro atoms. The zero-order valence-corrected chi connectivity index (χ0v) is 12.1. The number of rotatable bonds is 2. The van der Waals surface area contributed by atoms with Crippen molar-refractivity contribution >= 4 is 0 Å². The molecule has 2 aromatic heterocycles. The molecular weight excluding hydrogens is 254 g/mol. The van der Waals surface area contributed by atoms with Crippen LogP contribution >= 0.6 is 0 Å². The molecule has 0 saturated heterocycles. The summed E-state index contributed by atoms with van der Waals surface area (Å²) in [6.07, 6.45) is 6.59. The Morgan fingerprint density at radius 2 is 1.85 bits per heavy atom. The maximum Gasteiger partial charge on any atom is 0.261 e. The van der Waals surface area contributed by atoms with E-state index in [1.807, 2.05) is 19.9 Å².